The number of carbonyl (C=O) groups is 3. The third kappa shape index (κ3) is 3.90. The van der Waals surface area contributed by atoms with Crippen molar-refractivity contribution in [2.45, 2.75) is 25.7 Å². The van der Waals surface area contributed by atoms with E-state index < -0.39 is 5.91 Å². The molecule has 1 fully saturated rings. The molecule has 136 valence electrons. The Hall–Kier alpha value is -3.16. The van der Waals surface area contributed by atoms with Gasteiger partial charge in [0.1, 0.15) is 5.69 Å². The van der Waals surface area contributed by atoms with Crippen molar-refractivity contribution in [1.29, 1.82) is 0 Å². The molecular weight excluding hydrogens is 334 g/mol. The lowest BCUT2D eigenvalue weighted by Gasteiger charge is -2.32. The van der Waals surface area contributed by atoms with Crippen LogP contribution >= 0.6 is 0 Å². The van der Waals surface area contributed by atoms with E-state index in [1.807, 2.05) is 0 Å². The largest absolute Gasteiger partial charge is 0.364 e. The first-order chi connectivity index (χ1) is 12.4. The number of rotatable bonds is 4. The van der Waals surface area contributed by atoms with Crippen LogP contribution < -0.4 is 11.1 Å². The lowest BCUT2D eigenvalue weighted by molar-refractivity contribution is 0.0992. The fourth-order valence-corrected chi connectivity index (χ4v) is 3.08. The predicted octanol–water partition coefficient (Wildman–Crippen LogP) is 2.12. The van der Waals surface area contributed by atoms with E-state index in [4.69, 9.17) is 5.73 Å². The Labute approximate surface area is 150 Å². The second-order valence-corrected chi connectivity index (χ2v) is 6.42. The van der Waals surface area contributed by atoms with Crippen molar-refractivity contribution in [3.63, 3.8) is 0 Å². The molecule has 4 N–H and O–H groups in total. The van der Waals surface area contributed by atoms with Crippen molar-refractivity contribution in [3.05, 3.63) is 47.3 Å². The van der Waals surface area contributed by atoms with Crippen LogP contribution in [0, 0.1) is 0 Å². The number of likely N-dealkylation sites (tertiary alicyclic amines) is 1. The molecule has 3 rings (SSSR count). The maximum atomic E-state index is 12.5. The number of H-pyrrole nitrogens is 1. The maximum Gasteiger partial charge on any atom is 0.321 e. The summed E-state index contributed by atoms with van der Waals surface area (Å²) < 4.78 is 0. The zero-order valence-corrected chi connectivity index (χ0v) is 14.5. The fourth-order valence-electron chi connectivity index (χ4n) is 3.08. The lowest BCUT2D eigenvalue weighted by Crippen LogP contribution is -2.41. The van der Waals surface area contributed by atoms with E-state index in [1.54, 1.807) is 35.2 Å². The molecule has 0 radical (unpaired) electrons. The van der Waals surface area contributed by atoms with Crippen LogP contribution in [0.2, 0.25) is 0 Å². The molecule has 0 unspecified atom stereocenters. The molecule has 0 saturated carbocycles. The molecule has 1 atom stereocenters. The Balaban J connectivity index is 1.63. The van der Waals surface area contributed by atoms with Gasteiger partial charge in [0.2, 0.25) is 0 Å². The number of Topliss-reactive ketones (excluding diaryl/α,β-unsaturated/α-hetero) is 1. The number of urea groups is 1. The summed E-state index contributed by atoms with van der Waals surface area (Å²) in [6.45, 7) is 2.68. The number of benzene rings is 1. The summed E-state index contributed by atoms with van der Waals surface area (Å²) in [6, 6.07) is 8.25. The highest BCUT2D eigenvalue weighted by molar-refractivity contribution is 5.95. The molecule has 2 aromatic rings. The molecule has 26 heavy (non-hydrogen) atoms. The number of anilines is 1. The van der Waals surface area contributed by atoms with Crippen LogP contribution in [0.15, 0.2) is 30.3 Å². The van der Waals surface area contributed by atoms with Gasteiger partial charge in [-0.15, -0.1) is 0 Å². The predicted molar refractivity (Wildman–Crippen MR) is 96.1 cm³/mol. The SMILES string of the molecule is CC(=O)c1ccc(NC(=O)N2CCC[C@@H](c3cc(C(N)=O)n[nH]3)C2)cc1. The minimum atomic E-state index is -0.577. The lowest BCUT2D eigenvalue weighted by atomic mass is 9.95. The van der Waals surface area contributed by atoms with E-state index in [1.165, 1.54) is 6.92 Å². The van der Waals surface area contributed by atoms with Gasteiger partial charge >= 0.3 is 6.03 Å². The Morgan fingerprint density at radius 3 is 2.62 bits per heavy atom. The number of aromatic amines is 1. The van der Waals surface area contributed by atoms with Crippen LogP contribution in [0.1, 0.15) is 52.2 Å². The number of hydrogen-bond acceptors (Lipinski definition) is 4. The minimum Gasteiger partial charge on any atom is -0.364 e. The molecule has 1 aromatic carbocycles. The van der Waals surface area contributed by atoms with Gasteiger partial charge in [-0.05, 0) is 50.1 Å². The summed E-state index contributed by atoms with van der Waals surface area (Å²) in [7, 11) is 0. The summed E-state index contributed by atoms with van der Waals surface area (Å²) in [4.78, 5) is 36.7. The van der Waals surface area contributed by atoms with Crippen molar-refractivity contribution < 1.29 is 14.4 Å². The number of nitrogens with zero attached hydrogens (tertiary/aromatic N) is 2. The first-order valence-electron chi connectivity index (χ1n) is 8.46. The fraction of sp³-hybridized carbons (Fsp3) is 0.333. The second-order valence-electron chi connectivity index (χ2n) is 6.42. The topological polar surface area (TPSA) is 121 Å². The highest BCUT2D eigenvalue weighted by atomic mass is 16.2. The van der Waals surface area contributed by atoms with Crippen LogP contribution in [0.3, 0.4) is 0 Å². The minimum absolute atomic E-state index is 0.0170. The quantitative estimate of drug-likeness (QED) is 0.727. The number of piperidine rings is 1. The van der Waals surface area contributed by atoms with E-state index in [9.17, 15) is 14.4 Å². The summed E-state index contributed by atoms with van der Waals surface area (Å²) in [5.41, 5.74) is 7.48. The van der Waals surface area contributed by atoms with Crippen molar-refractivity contribution in [2.75, 3.05) is 18.4 Å². The third-order valence-electron chi connectivity index (χ3n) is 4.54. The molecule has 0 aliphatic carbocycles. The Bertz CT molecular complexity index is 828. The number of primary amides is 1. The van der Waals surface area contributed by atoms with Crippen LogP contribution in [0.5, 0.6) is 0 Å². The number of nitrogens with two attached hydrogens (primary N) is 1. The number of aromatic nitrogens is 2. The molecular formula is C18H21N5O3. The van der Waals surface area contributed by atoms with Crippen LogP contribution in [0.25, 0.3) is 0 Å². The molecule has 3 amide bonds. The third-order valence-corrected chi connectivity index (χ3v) is 4.54. The van der Waals surface area contributed by atoms with Gasteiger partial charge in [0.15, 0.2) is 5.78 Å². The molecule has 0 spiro atoms. The summed E-state index contributed by atoms with van der Waals surface area (Å²) in [5, 5.41) is 9.60. The number of carbonyl (C=O) groups excluding carboxylic acids is 3. The number of ketones is 1. The Morgan fingerprint density at radius 2 is 2.00 bits per heavy atom. The smallest absolute Gasteiger partial charge is 0.321 e. The number of nitrogens with one attached hydrogen (secondary N) is 2. The molecule has 8 nitrogen and oxygen atoms in total. The van der Waals surface area contributed by atoms with Gasteiger partial charge in [0, 0.05) is 36.0 Å². The molecule has 1 saturated heterocycles. The van der Waals surface area contributed by atoms with Crippen LogP contribution in [-0.4, -0.2) is 45.9 Å². The normalized spacial score (nSPS) is 17.0. The monoisotopic (exact) mass is 355 g/mol. The van der Waals surface area contributed by atoms with E-state index in [2.05, 4.69) is 15.5 Å². The number of hydrogen-bond donors (Lipinski definition) is 3. The molecule has 0 bridgehead atoms. The molecule has 2 heterocycles. The molecule has 1 aliphatic heterocycles. The average Bonchev–Trinajstić information content (AvgIpc) is 3.13. The van der Waals surface area contributed by atoms with Gasteiger partial charge in [0.25, 0.3) is 5.91 Å². The first kappa shape index (κ1) is 17.7. The van der Waals surface area contributed by atoms with Crippen LogP contribution in [-0.2, 0) is 0 Å². The Kier molecular flexibility index (Phi) is 5.01. The van der Waals surface area contributed by atoms with Gasteiger partial charge in [-0.3, -0.25) is 14.7 Å². The zero-order valence-electron chi connectivity index (χ0n) is 14.5. The average molecular weight is 355 g/mol. The van der Waals surface area contributed by atoms with Crippen molar-refractivity contribution in [2.24, 2.45) is 5.73 Å². The van der Waals surface area contributed by atoms with Gasteiger partial charge in [-0.25, -0.2) is 4.79 Å². The zero-order chi connectivity index (χ0) is 18.7. The van der Waals surface area contributed by atoms with E-state index in [0.717, 1.165) is 18.5 Å². The van der Waals surface area contributed by atoms with Crippen LogP contribution in [0.4, 0.5) is 10.5 Å². The van der Waals surface area contributed by atoms with Gasteiger partial charge in [0.05, 0.1) is 0 Å². The van der Waals surface area contributed by atoms with Gasteiger partial charge in [-0.1, -0.05) is 0 Å². The van der Waals surface area contributed by atoms with E-state index in [0.29, 0.717) is 24.3 Å². The van der Waals surface area contributed by atoms with Crippen molar-refractivity contribution >= 4 is 23.4 Å². The van der Waals surface area contributed by atoms with Gasteiger partial charge in [-0.2, -0.15) is 5.10 Å². The van der Waals surface area contributed by atoms with E-state index in [-0.39, 0.29) is 23.4 Å². The number of amides is 3. The molecule has 1 aromatic heterocycles. The highest BCUT2D eigenvalue weighted by Crippen LogP contribution is 2.26. The van der Waals surface area contributed by atoms with E-state index >= 15 is 0 Å². The summed E-state index contributed by atoms with van der Waals surface area (Å²) in [6.07, 6.45) is 1.75. The Morgan fingerprint density at radius 1 is 1.27 bits per heavy atom. The molecule has 1 aliphatic rings. The summed E-state index contributed by atoms with van der Waals surface area (Å²) >= 11 is 0. The highest BCUT2D eigenvalue weighted by Gasteiger charge is 2.26. The molecule has 8 heteroatoms. The van der Waals surface area contributed by atoms with Gasteiger partial charge < -0.3 is 16.0 Å². The second kappa shape index (κ2) is 7.38. The first-order valence-corrected chi connectivity index (χ1v) is 8.46. The summed E-state index contributed by atoms with van der Waals surface area (Å²) in [5.74, 6) is -0.515. The van der Waals surface area contributed by atoms with Crippen molar-refractivity contribution in [3.8, 4) is 0 Å². The standard InChI is InChI=1S/C18H21N5O3/c1-11(24)12-4-6-14(7-5-12)20-18(26)23-8-2-3-13(10-23)15-9-16(17(19)25)22-21-15/h4-7,9,13H,2-3,8,10H2,1H3,(H2,19,25)(H,20,26)(H,21,22)/t13-/m1/s1. The van der Waals surface area contributed by atoms with Crippen molar-refractivity contribution in [1.82, 2.24) is 15.1 Å². The maximum absolute atomic E-state index is 12.5.